The topological polar surface area (TPSA) is 55.4 Å². The zero-order valence-electron chi connectivity index (χ0n) is 15.0. The van der Waals surface area contributed by atoms with Gasteiger partial charge in [-0.1, -0.05) is 48.5 Å². The molecule has 6 heteroatoms. The highest BCUT2D eigenvalue weighted by atomic mass is 19.3. The van der Waals surface area contributed by atoms with Crippen LogP contribution in [0.15, 0.2) is 66.7 Å². The molecule has 0 atom stereocenters. The highest BCUT2D eigenvalue weighted by Gasteiger charge is 2.17. The maximum absolute atomic E-state index is 12.9. The minimum absolute atomic E-state index is 0.0530. The molecule has 0 saturated carbocycles. The average molecular weight is 381 g/mol. The molecule has 0 aliphatic heterocycles. The highest BCUT2D eigenvalue weighted by Crippen LogP contribution is 2.32. The Morgan fingerprint density at radius 3 is 2.39 bits per heavy atom. The SMILES string of the molecule is CNC(=O)c1ccc(/C=C/C(=O)c2ccc3ccccc3c2OC(F)F)cc1. The number of ether oxygens (including phenoxy) is 1. The monoisotopic (exact) mass is 381 g/mol. The fourth-order valence-corrected chi connectivity index (χ4v) is 2.80. The summed E-state index contributed by atoms with van der Waals surface area (Å²) < 4.78 is 30.4. The van der Waals surface area contributed by atoms with Crippen molar-refractivity contribution >= 4 is 28.5 Å². The summed E-state index contributed by atoms with van der Waals surface area (Å²) in [5.41, 5.74) is 1.24. The molecule has 1 N–H and O–H groups in total. The molecule has 0 bridgehead atoms. The van der Waals surface area contributed by atoms with Gasteiger partial charge in [-0.3, -0.25) is 9.59 Å². The van der Waals surface area contributed by atoms with E-state index in [0.29, 0.717) is 21.9 Å². The third-order valence-corrected chi connectivity index (χ3v) is 4.18. The van der Waals surface area contributed by atoms with Crippen LogP contribution in [-0.2, 0) is 0 Å². The first-order valence-corrected chi connectivity index (χ1v) is 8.50. The number of amides is 1. The van der Waals surface area contributed by atoms with Gasteiger partial charge in [-0.25, -0.2) is 0 Å². The van der Waals surface area contributed by atoms with Gasteiger partial charge in [-0.2, -0.15) is 8.78 Å². The summed E-state index contributed by atoms with van der Waals surface area (Å²) in [6, 6.07) is 16.6. The highest BCUT2D eigenvalue weighted by molar-refractivity contribution is 6.12. The van der Waals surface area contributed by atoms with Crippen molar-refractivity contribution in [3.63, 3.8) is 0 Å². The molecule has 1 amide bonds. The Morgan fingerprint density at radius 1 is 1.00 bits per heavy atom. The van der Waals surface area contributed by atoms with E-state index in [0.717, 1.165) is 0 Å². The molecule has 4 nitrogen and oxygen atoms in total. The van der Waals surface area contributed by atoms with E-state index in [1.54, 1.807) is 60.7 Å². The number of carbonyl (C=O) groups excluding carboxylic acids is 2. The van der Waals surface area contributed by atoms with Crippen LogP contribution >= 0.6 is 0 Å². The summed E-state index contributed by atoms with van der Waals surface area (Å²) in [6.45, 7) is -3.04. The second-order valence-electron chi connectivity index (χ2n) is 5.94. The summed E-state index contributed by atoms with van der Waals surface area (Å²) in [7, 11) is 1.54. The van der Waals surface area contributed by atoms with Gasteiger partial charge in [0.05, 0.1) is 5.56 Å². The minimum atomic E-state index is -3.04. The van der Waals surface area contributed by atoms with Gasteiger partial charge in [0, 0.05) is 18.0 Å². The summed E-state index contributed by atoms with van der Waals surface area (Å²) in [5.74, 6) is -0.814. The fraction of sp³-hybridized carbons (Fsp3) is 0.0909. The van der Waals surface area contributed by atoms with Gasteiger partial charge in [0.25, 0.3) is 5.91 Å². The van der Waals surface area contributed by atoms with Gasteiger partial charge in [0.2, 0.25) is 0 Å². The maximum atomic E-state index is 12.9. The molecule has 0 unspecified atom stereocenters. The van der Waals surface area contributed by atoms with Crippen LogP contribution in [-0.4, -0.2) is 25.3 Å². The molecular weight excluding hydrogens is 364 g/mol. The van der Waals surface area contributed by atoms with E-state index >= 15 is 0 Å². The number of rotatable bonds is 6. The molecule has 3 aromatic carbocycles. The Labute approximate surface area is 160 Å². The van der Waals surface area contributed by atoms with Crippen LogP contribution in [0.4, 0.5) is 8.78 Å². The number of nitrogens with one attached hydrogen (secondary N) is 1. The molecule has 28 heavy (non-hydrogen) atoms. The first-order valence-electron chi connectivity index (χ1n) is 8.50. The average Bonchev–Trinajstić information content (AvgIpc) is 2.71. The van der Waals surface area contributed by atoms with Crippen LogP contribution < -0.4 is 10.1 Å². The van der Waals surface area contributed by atoms with E-state index in [2.05, 4.69) is 10.1 Å². The van der Waals surface area contributed by atoms with Crippen molar-refractivity contribution in [1.82, 2.24) is 5.32 Å². The predicted octanol–water partition coefficient (Wildman–Crippen LogP) is 4.70. The van der Waals surface area contributed by atoms with Gasteiger partial charge in [0.1, 0.15) is 5.75 Å². The van der Waals surface area contributed by atoms with Crippen LogP contribution in [0.3, 0.4) is 0 Å². The van der Waals surface area contributed by atoms with E-state index in [-0.39, 0.29) is 17.2 Å². The number of allylic oxidation sites excluding steroid dienone is 1. The van der Waals surface area contributed by atoms with Crippen molar-refractivity contribution in [3.05, 3.63) is 83.4 Å². The van der Waals surface area contributed by atoms with E-state index in [9.17, 15) is 18.4 Å². The van der Waals surface area contributed by atoms with Crippen LogP contribution in [0.5, 0.6) is 5.75 Å². The maximum Gasteiger partial charge on any atom is 0.387 e. The summed E-state index contributed by atoms with van der Waals surface area (Å²) in [4.78, 5) is 24.2. The quantitative estimate of drug-likeness (QED) is 0.498. The molecule has 0 heterocycles. The Morgan fingerprint density at radius 2 is 1.71 bits per heavy atom. The van der Waals surface area contributed by atoms with Crippen molar-refractivity contribution < 1.29 is 23.1 Å². The predicted molar refractivity (Wildman–Crippen MR) is 104 cm³/mol. The number of benzene rings is 3. The lowest BCUT2D eigenvalue weighted by atomic mass is 10.0. The van der Waals surface area contributed by atoms with E-state index in [1.165, 1.54) is 19.2 Å². The van der Waals surface area contributed by atoms with Crippen molar-refractivity contribution in [2.45, 2.75) is 6.61 Å². The number of alkyl halides is 2. The Hall–Kier alpha value is -3.54. The molecule has 0 aliphatic carbocycles. The Bertz CT molecular complexity index is 1040. The van der Waals surface area contributed by atoms with Gasteiger partial charge in [0.15, 0.2) is 5.78 Å². The summed E-state index contributed by atoms with van der Waals surface area (Å²) >= 11 is 0. The second-order valence-corrected chi connectivity index (χ2v) is 5.94. The third-order valence-electron chi connectivity index (χ3n) is 4.18. The van der Waals surface area contributed by atoms with Crippen molar-refractivity contribution in [2.24, 2.45) is 0 Å². The smallest absolute Gasteiger partial charge is 0.387 e. The van der Waals surface area contributed by atoms with Crippen molar-refractivity contribution in [2.75, 3.05) is 7.05 Å². The minimum Gasteiger partial charge on any atom is -0.433 e. The van der Waals surface area contributed by atoms with Crippen molar-refractivity contribution in [3.8, 4) is 5.75 Å². The second kappa shape index (κ2) is 8.43. The lowest BCUT2D eigenvalue weighted by molar-refractivity contribution is -0.0490. The Balaban J connectivity index is 1.90. The van der Waals surface area contributed by atoms with Crippen molar-refractivity contribution in [1.29, 1.82) is 0 Å². The number of carbonyl (C=O) groups is 2. The number of hydrogen-bond acceptors (Lipinski definition) is 3. The van der Waals surface area contributed by atoms with Crippen LogP contribution in [0, 0.1) is 0 Å². The molecular formula is C22H17F2NO3. The van der Waals surface area contributed by atoms with Crippen LogP contribution in [0.25, 0.3) is 16.8 Å². The first kappa shape index (κ1) is 19.2. The zero-order chi connectivity index (χ0) is 20.1. The van der Waals surface area contributed by atoms with E-state index in [1.807, 2.05) is 0 Å². The van der Waals surface area contributed by atoms with Gasteiger partial charge < -0.3 is 10.1 Å². The molecule has 3 rings (SSSR count). The van der Waals surface area contributed by atoms with Gasteiger partial charge in [-0.15, -0.1) is 0 Å². The Kier molecular flexibility index (Phi) is 5.79. The molecule has 0 aromatic heterocycles. The van der Waals surface area contributed by atoms with E-state index in [4.69, 9.17) is 0 Å². The molecule has 0 radical (unpaired) electrons. The largest absolute Gasteiger partial charge is 0.433 e. The molecule has 0 aliphatic rings. The number of hydrogen-bond donors (Lipinski definition) is 1. The van der Waals surface area contributed by atoms with E-state index < -0.39 is 12.4 Å². The lowest BCUT2D eigenvalue weighted by Gasteiger charge is -2.12. The standard InChI is InChI=1S/C22H17F2NO3/c1-25-21(27)16-9-6-14(7-10-16)8-13-19(26)18-12-11-15-4-2-3-5-17(15)20(18)28-22(23)24/h2-13,22H,1H3,(H,25,27)/b13-8+. The molecule has 0 saturated heterocycles. The molecule has 142 valence electrons. The lowest BCUT2D eigenvalue weighted by Crippen LogP contribution is -2.17. The zero-order valence-corrected chi connectivity index (χ0v) is 15.0. The van der Waals surface area contributed by atoms with Crippen LogP contribution in [0.2, 0.25) is 0 Å². The van der Waals surface area contributed by atoms with Crippen LogP contribution in [0.1, 0.15) is 26.3 Å². The van der Waals surface area contributed by atoms with Gasteiger partial charge >= 0.3 is 6.61 Å². The molecule has 3 aromatic rings. The fourth-order valence-electron chi connectivity index (χ4n) is 2.80. The number of ketones is 1. The number of halogens is 2. The third kappa shape index (κ3) is 4.23. The van der Waals surface area contributed by atoms with Gasteiger partial charge in [-0.05, 0) is 35.2 Å². The number of fused-ring (bicyclic) bond motifs is 1. The summed E-state index contributed by atoms with van der Waals surface area (Å²) in [6.07, 6.45) is 2.84. The molecule has 0 fully saturated rings. The normalized spacial score (nSPS) is 11.1. The summed E-state index contributed by atoms with van der Waals surface area (Å²) in [5, 5.41) is 3.66. The first-order chi connectivity index (χ1) is 13.5. The molecule has 0 spiro atoms.